The predicted molar refractivity (Wildman–Crippen MR) is 151 cm³/mol. The van der Waals surface area contributed by atoms with Crippen LogP contribution in [0.25, 0.3) is 5.57 Å². The van der Waals surface area contributed by atoms with Crippen LogP contribution < -0.4 is 10.6 Å². The summed E-state index contributed by atoms with van der Waals surface area (Å²) in [6.07, 6.45) is 14.8. The molecule has 0 radical (unpaired) electrons. The van der Waals surface area contributed by atoms with E-state index in [-0.39, 0.29) is 17.0 Å². The van der Waals surface area contributed by atoms with Crippen LogP contribution in [0.5, 0.6) is 0 Å². The minimum atomic E-state index is 0.0147. The minimum absolute atomic E-state index is 0.0147. The first-order chi connectivity index (χ1) is 17.4. The highest BCUT2D eigenvalue weighted by Gasteiger charge is 2.53. The minimum Gasteiger partial charge on any atom is -0.358 e. The summed E-state index contributed by atoms with van der Waals surface area (Å²) in [6, 6.07) is 18.6. The quantitative estimate of drug-likeness (QED) is 0.542. The molecular weight excluding hydrogens is 438 g/mol. The molecule has 7 rings (SSSR count). The number of hydrogen-bond donors (Lipinski definition) is 1. The van der Waals surface area contributed by atoms with Gasteiger partial charge in [0.15, 0.2) is 0 Å². The second-order valence-electron chi connectivity index (χ2n) is 12.0. The van der Waals surface area contributed by atoms with E-state index in [1.807, 2.05) is 6.21 Å². The smallest absolute Gasteiger partial charge is 0.0589 e. The van der Waals surface area contributed by atoms with Crippen LogP contribution in [0.1, 0.15) is 62.6 Å². The van der Waals surface area contributed by atoms with Gasteiger partial charge in [-0.1, -0.05) is 80.6 Å². The fraction of sp³-hybridized carbons (Fsp3) is 0.364. The number of para-hydroxylation sites is 1. The van der Waals surface area contributed by atoms with Gasteiger partial charge in [-0.3, -0.25) is 4.99 Å². The number of rotatable bonds is 2. The summed E-state index contributed by atoms with van der Waals surface area (Å²) in [7, 11) is 0. The molecule has 182 valence electrons. The molecule has 2 aliphatic heterocycles. The monoisotopic (exact) mass is 473 g/mol. The van der Waals surface area contributed by atoms with E-state index in [0.717, 1.165) is 19.3 Å². The molecule has 2 aromatic rings. The summed E-state index contributed by atoms with van der Waals surface area (Å²) in [4.78, 5) is 7.32. The lowest BCUT2D eigenvalue weighted by molar-refractivity contribution is 0.357. The molecule has 3 heteroatoms. The van der Waals surface area contributed by atoms with Gasteiger partial charge in [0, 0.05) is 34.8 Å². The van der Waals surface area contributed by atoms with Crippen molar-refractivity contribution in [2.24, 2.45) is 10.7 Å². The maximum atomic E-state index is 6.24. The van der Waals surface area contributed by atoms with Crippen LogP contribution in [-0.4, -0.2) is 30.4 Å². The Morgan fingerprint density at radius 1 is 1.03 bits per heavy atom. The molecule has 0 amide bonds. The molecule has 0 saturated heterocycles. The van der Waals surface area contributed by atoms with E-state index in [9.17, 15) is 0 Å². The maximum absolute atomic E-state index is 6.24. The van der Waals surface area contributed by atoms with Crippen molar-refractivity contribution in [2.45, 2.75) is 69.0 Å². The lowest BCUT2D eigenvalue weighted by Crippen LogP contribution is -2.52. The third-order valence-electron chi connectivity index (χ3n) is 9.33. The Morgan fingerprint density at radius 3 is 2.69 bits per heavy atom. The van der Waals surface area contributed by atoms with E-state index in [4.69, 9.17) is 5.73 Å². The molecule has 4 atom stereocenters. The van der Waals surface area contributed by atoms with Crippen molar-refractivity contribution >= 4 is 17.5 Å². The van der Waals surface area contributed by atoms with Gasteiger partial charge >= 0.3 is 0 Å². The molecule has 5 aliphatic rings. The largest absolute Gasteiger partial charge is 0.358 e. The summed E-state index contributed by atoms with van der Waals surface area (Å²) in [5, 5.41) is 0. The van der Waals surface area contributed by atoms with Gasteiger partial charge in [0.05, 0.1) is 12.6 Å². The number of dihydropyridines is 1. The molecule has 0 saturated carbocycles. The normalized spacial score (nSPS) is 31.4. The lowest BCUT2D eigenvalue weighted by atomic mass is 9.70. The summed E-state index contributed by atoms with van der Waals surface area (Å²) in [6.45, 7) is 8.03. The first-order valence-electron chi connectivity index (χ1n) is 13.5. The van der Waals surface area contributed by atoms with Crippen molar-refractivity contribution in [3.8, 4) is 0 Å². The second kappa shape index (κ2) is 7.66. The summed E-state index contributed by atoms with van der Waals surface area (Å²) in [5.74, 6) is 0.374. The van der Waals surface area contributed by atoms with Crippen molar-refractivity contribution in [3.63, 3.8) is 0 Å². The highest BCUT2D eigenvalue weighted by atomic mass is 15.3. The van der Waals surface area contributed by atoms with Crippen molar-refractivity contribution in [1.29, 1.82) is 0 Å². The molecule has 0 aromatic heterocycles. The fourth-order valence-electron chi connectivity index (χ4n) is 7.80. The van der Waals surface area contributed by atoms with Gasteiger partial charge in [-0.25, -0.2) is 0 Å². The Labute approximate surface area is 214 Å². The zero-order valence-corrected chi connectivity index (χ0v) is 21.5. The van der Waals surface area contributed by atoms with E-state index in [1.54, 1.807) is 5.57 Å². The molecule has 4 unspecified atom stereocenters. The lowest BCUT2D eigenvalue weighted by Gasteiger charge is -2.48. The van der Waals surface area contributed by atoms with Crippen LogP contribution in [0.2, 0.25) is 0 Å². The van der Waals surface area contributed by atoms with Crippen molar-refractivity contribution in [3.05, 3.63) is 106 Å². The van der Waals surface area contributed by atoms with E-state index in [0.29, 0.717) is 18.5 Å². The first-order valence-corrected chi connectivity index (χ1v) is 13.5. The first kappa shape index (κ1) is 22.1. The van der Waals surface area contributed by atoms with E-state index >= 15 is 0 Å². The van der Waals surface area contributed by atoms with Gasteiger partial charge in [0.25, 0.3) is 0 Å². The molecule has 3 aliphatic carbocycles. The standard InChI is InChI=1S/C33H35N3/c1-32(2)27-12-6-4-10-24(27)25-14-15-29-30(31(25)32)26-11-5-7-13-28(26)36(29)33(3)16-8-9-21(18-33)22-17-23(34)20-35-19-22/h4-7,9-15,17,19,23,29-30H,8,16,18,20,34H2,1-3H3. The highest BCUT2D eigenvalue weighted by Crippen LogP contribution is 2.61. The van der Waals surface area contributed by atoms with Crippen molar-refractivity contribution in [1.82, 2.24) is 0 Å². The van der Waals surface area contributed by atoms with Gasteiger partial charge in [0.1, 0.15) is 0 Å². The summed E-state index contributed by atoms with van der Waals surface area (Å²) >= 11 is 0. The zero-order valence-electron chi connectivity index (χ0n) is 21.5. The summed E-state index contributed by atoms with van der Waals surface area (Å²) in [5.41, 5.74) is 17.7. The number of allylic oxidation sites excluding steroid dienone is 4. The second-order valence-corrected chi connectivity index (χ2v) is 12.0. The van der Waals surface area contributed by atoms with Gasteiger partial charge < -0.3 is 10.6 Å². The number of aliphatic imine (C=N–C) groups is 1. The number of benzene rings is 2. The molecule has 36 heavy (non-hydrogen) atoms. The van der Waals surface area contributed by atoms with Crippen LogP contribution in [0.3, 0.4) is 0 Å². The van der Waals surface area contributed by atoms with Crippen molar-refractivity contribution in [2.75, 3.05) is 11.4 Å². The zero-order chi connectivity index (χ0) is 24.7. The molecule has 2 heterocycles. The molecule has 0 bridgehead atoms. The third-order valence-corrected chi connectivity index (χ3v) is 9.33. The molecule has 2 N–H and O–H groups in total. The number of nitrogens with two attached hydrogens (primary N) is 1. The van der Waals surface area contributed by atoms with Gasteiger partial charge in [-0.05, 0) is 71.2 Å². The van der Waals surface area contributed by atoms with Crippen molar-refractivity contribution < 1.29 is 0 Å². The van der Waals surface area contributed by atoms with Gasteiger partial charge in [-0.2, -0.15) is 0 Å². The number of fused-ring (bicyclic) bond motifs is 6. The molecule has 0 fully saturated rings. The van der Waals surface area contributed by atoms with Crippen LogP contribution in [0.15, 0.2) is 94.5 Å². The van der Waals surface area contributed by atoms with E-state index in [1.165, 1.54) is 39.1 Å². The van der Waals surface area contributed by atoms with Crippen LogP contribution >= 0.6 is 0 Å². The SMILES string of the molecule is CC1(C)C2=C(C=CC3C2c2ccccc2N3C2(C)CCC=C(C3=CC(N)CN=C3)C2)c2ccccc21. The third kappa shape index (κ3) is 2.99. The molecular formula is C33H35N3. The Kier molecular flexibility index (Phi) is 4.70. The van der Waals surface area contributed by atoms with Gasteiger partial charge in [-0.15, -0.1) is 0 Å². The predicted octanol–water partition coefficient (Wildman–Crippen LogP) is 6.48. The maximum Gasteiger partial charge on any atom is 0.0589 e. The fourth-order valence-corrected chi connectivity index (χ4v) is 7.80. The average molecular weight is 474 g/mol. The Balaban J connectivity index is 1.33. The Morgan fingerprint density at radius 2 is 1.83 bits per heavy atom. The molecule has 3 nitrogen and oxygen atoms in total. The highest BCUT2D eigenvalue weighted by molar-refractivity contribution is 5.90. The Hall–Kier alpha value is -3.17. The summed E-state index contributed by atoms with van der Waals surface area (Å²) < 4.78 is 0. The van der Waals surface area contributed by atoms with Crippen LogP contribution in [-0.2, 0) is 5.41 Å². The van der Waals surface area contributed by atoms with Gasteiger partial charge in [0.2, 0.25) is 0 Å². The number of hydrogen-bond acceptors (Lipinski definition) is 3. The van der Waals surface area contributed by atoms with Crippen LogP contribution in [0.4, 0.5) is 5.69 Å². The van der Waals surface area contributed by atoms with E-state index < -0.39 is 0 Å². The molecule has 0 spiro atoms. The van der Waals surface area contributed by atoms with E-state index in [2.05, 4.69) is 103 Å². The molecule has 2 aromatic carbocycles. The number of nitrogens with zero attached hydrogens (tertiary/aromatic N) is 2. The topological polar surface area (TPSA) is 41.6 Å². The Bertz CT molecular complexity index is 1420. The average Bonchev–Trinajstić information content (AvgIpc) is 3.34. The number of anilines is 1. The van der Waals surface area contributed by atoms with Crippen LogP contribution in [0, 0.1) is 0 Å².